The lowest BCUT2D eigenvalue weighted by molar-refractivity contribution is -0.391. The Balaban J connectivity index is 2.10. The van der Waals surface area contributed by atoms with Crippen LogP contribution in [0.15, 0.2) is 0 Å². The maximum absolute atomic E-state index is 12.7. The Kier molecular flexibility index (Phi) is 17.9. The molecule has 0 aromatic rings. The maximum atomic E-state index is 12.7. The van der Waals surface area contributed by atoms with Gasteiger partial charge in [0.05, 0.1) is 28.8 Å². The molecule has 3 heterocycles. The summed E-state index contributed by atoms with van der Waals surface area (Å²) < 4.78 is 213. The summed E-state index contributed by atoms with van der Waals surface area (Å²) in [6.45, 7) is -0.960. The van der Waals surface area contributed by atoms with Crippen LogP contribution in [-0.4, -0.2) is 205 Å². The van der Waals surface area contributed by atoms with E-state index in [-0.39, 0.29) is 0 Å². The Morgan fingerprint density at radius 2 is 0.965 bits per heavy atom. The summed E-state index contributed by atoms with van der Waals surface area (Å²) in [5.41, 5.74) is 0. The Hall–Kier alpha value is -1.45. The number of aliphatic carboxylic acids is 1. The second-order valence-corrected chi connectivity index (χ2v) is 16.5. The van der Waals surface area contributed by atoms with E-state index in [1.54, 1.807) is 0 Å². The van der Waals surface area contributed by atoms with Crippen molar-refractivity contribution in [3.63, 3.8) is 0 Å². The van der Waals surface area contributed by atoms with E-state index in [9.17, 15) is 61.8 Å². The van der Waals surface area contributed by atoms with Crippen LogP contribution in [0.3, 0.4) is 0 Å². The van der Waals surface area contributed by atoms with Crippen LogP contribution >= 0.6 is 0 Å². The fourth-order valence-corrected chi connectivity index (χ4v) is 8.15. The third kappa shape index (κ3) is 13.8. The van der Waals surface area contributed by atoms with Gasteiger partial charge in [-0.25, -0.2) is 33.7 Å². The summed E-state index contributed by atoms with van der Waals surface area (Å²) >= 11 is 0. The first-order valence-corrected chi connectivity index (χ1v) is 21.4. The van der Waals surface area contributed by atoms with Crippen molar-refractivity contribution in [2.24, 2.45) is 0 Å². The van der Waals surface area contributed by atoms with E-state index in [4.69, 9.17) is 52.1 Å². The largest absolute Gasteiger partial charge is 0.748 e. The molecule has 3 rings (SSSR count). The van der Waals surface area contributed by atoms with Crippen molar-refractivity contribution in [3.8, 4) is 0 Å². The second kappa shape index (κ2) is 20.4. The summed E-state index contributed by atoms with van der Waals surface area (Å²) in [6, 6.07) is 0. The molecule has 0 aliphatic carbocycles. The van der Waals surface area contributed by atoms with Crippen LogP contribution in [0.4, 0.5) is 0 Å². The van der Waals surface area contributed by atoms with Gasteiger partial charge in [-0.2, -0.15) is 0 Å². The van der Waals surface area contributed by atoms with Gasteiger partial charge >= 0.3 is 0 Å². The van der Waals surface area contributed by atoms with E-state index >= 15 is 0 Å². The van der Waals surface area contributed by atoms with Crippen LogP contribution in [0.25, 0.3) is 0 Å². The van der Waals surface area contributed by atoms with Crippen molar-refractivity contribution >= 4 is 47.3 Å². The fourth-order valence-electron chi connectivity index (χ4n) is 6.37. The van der Waals surface area contributed by atoms with Crippen molar-refractivity contribution in [2.45, 2.75) is 98.5 Å². The highest BCUT2D eigenvalue weighted by molar-refractivity contribution is 7.85. The van der Waals surface area contributed by atoms with Gasteiger partial charge in [0.1, 0.15) is 61.0 Å². The van der Waals surface area contributed by atoms with Crippen LogP contribution in [0, 0.1) is 0 Å². The van der Waals surface area contributed by atoms with Gasteiger partial charge in [-0.1, -0.05) is 0 Å². The first kappa shape index (κ1) is 49.9. The molecule has 32 heteroatoms. The van der Waals surface area contributed by atoms with Crippen LogP contribution < -0.4 is 5.11 Å². The number of carboxylic acid groups (broad SMARTS) is 1. The molecule has 0 spiro atoms. The minimum absolute atomic E-state index is 0.818. The third-order valence-corrected chi connectivity index (χ3v) is 10.6. The molecule has 0 aromatic carbocycles. The lowest BCUT2D eigenvalue weighted by Crippen LogP contribution is -2.69. The van der Waals surface area contributed by atoms with Gasteiger partial charge in [-0.15, -0.1) is 0 Å². The molecule has 15 atom stereocenters. The third-order valence-electron chi connectivity index (χ3n) is 8.57. The summed E-state index contributed by atoms with van der Waals surface area (Å²) in [5.74, 6) is -3.36. The first-order chi connectivity index (χ1) is 26.3. The average Bonchev–Trinajstić information content (AvgIpc) is 3.09. The van der Waals surface area contributed by atoms with E-state index < -0.39 is 158 Å². The molecule has 0 saturated carbocycles. The minimum atomic E-state index is -5.93. The van der Waals surface area contributed by atoms with Crippen molar-refractivity contribution in [1.29, 1.82) is 0 Å². The highest BCUT2D eigenvalue weighted by Gasteiger charge is 2.57. The lowest BCUT2D eigenvalue weighted by Gasteiger charge is -2.51. The molecular weight excluding hydrogens is 877 g/mol. The topological polar surface area (TPSA) is 398 Å². The maximum Gasteiger partial charge on any atom is 0.218 e. The average molecular weight is 916 g/mol. The minimum Gasteiger partial charge on any atom is -0.748 e. The molecule has 3 saturated heterocycles. The molecule has 57 heavy (non-hydrogen) atoms. The number of methoxy groups -OCH3 is 6. The molecule has 0 aromatic heterocycles. The zero-order valence-corrected chi connectivity index (χ0v) is 33.6. The number of ether oxygens (including phenoxy) is 11. The van der Waals surface area contributed by atoms with E-state index in [1.165, 1.54) is 14.2 Å². The highest BCUT2D eigenvalue weighted by Crippen LogP contribution is 2.38. The quantitative estimate of drug-likeness (QED) is 0.0763. The van der Waals surface area contributed by atoms with Crippen molar-refractivity contribution in [2.75, 3.05) is 55.0 Å². The summed E-state index contributed by atoms with van der Waals surface area (Å²) in [5, 5.41) is 12.7. The van der Waals surface area contributed by atoms with Gasteiger partial charge in [0, 0.05) is 48.4 Å². The van der Waals surface area contributed by atoms with Crippen LogP contribution in [0.2, 0.25) is 0 Å². The highest BCUT2D eigenvalue weighted by atomic mass is 32.3. The zero-order chi connectivity index (χ0) is 43.3. The molecule has 0 amide bonds. The Morgan fingerprint density at radius 1 is 0.509 bits per heavy atom. The molecular formula is C25H39O28S4-5. The lowest BCUT2D eigenvalue weighted by atomic mass is 9.94. The monoisotopic (exact) mass is 915 g/mol. The standard InChI is InChI=1S/C25H44O28S4/c1-40-12-11(9-46-55(31,32)33)48-24(19(43-4)14(12)41-2)50-16-15(42-3)20(44-5)25(51-18(16)22(26)27)49-13-10(7-8-54(28,29)30)47-23(45-6)21(53-57(37,38)39)17(13)52-56(34,35)36/h10-21,23-25H,7-9H2,1-6H3,(H,26,27)(H,28,29,30)(H,31,32,33)(H,34,35,36)(H,37,38,39)/p-5/t10-,11-,12-,13-,14+,15+,16+,17+,18+,19-,20-,21-,23+,24-,25-/m1/s1. The van der Waals surface area contributed by atoms with Gasteiger partial charge in [0.15, 0.2) is 25.0 Å². The summed E-state index contributed by atoms with van der Waals surface area (Å²) in [6.07, 6.45) is -29.3. The van der Waals surface area contributed by atoms with Gasteiger partial charge in [-0.3, -0.25) is 12.5 Å². The predicted molar refractivity (Wildman–Crippen MR) is 166 cm³/mol. The molecule has 0 bridgehead atoms. The molecule has 0 radical (unpaired) electrons. The molecule has 0 N–H and O–H groups in total. The van der Waals surface area contributed by atoms with Crippen molar-refractivity contribution < 1.29 is 126 Å². The number of hydrogen-bond acceptors (Lipinski definition) is 28. The van der Waals surface area contributed by atoms with Crippen molar-refractivity contribution in [3.05, 3.63) is 0 Å². The SMILES string of the molecule is CO[C@H]1O[C@H](CCS(=O)(=O)[O-])[C@@H](O[C@@H]2O[C@H](C(=O)[O-])[C@@H](O[C@H]3O[C@H](COS(=O)(=O)[O-])[C@@H](OC)[C@H](OC)[C@H]3OC)[C@H](OC)[C@H]2OC)[C@H](OS(=O)(=O)[O-])[C@H]1OS(=O)(=O)[O-]. The van der Waals surface area contributed by atoms with Crippen LogP contribution in [-0.2, 0) is 111 Å². The predicted octanol–water partition coefficient (Wildman–Crippen LogP) is -6.49. The van der Waals surface area contributed by atoms with E-state index in [1.807, 2.05) is 0 Å². The normalized spacial score (nSPS) is 37.2. The summed E-state index contributed by atoms with van der Waals surface area (Å²) in [7, 11) is -15.8. The molecule has 3 aliphatic rings. The number of carbonyl (C=O) groups is 1. The van der Waals surface area contributed by atoms with E-state index in [2.05, 4.69) is 12.5 Å². The van der Waals surface area contributed by atoms with Gasteiger partial charge in [-0.05, 0) is 6.42 Å². The Labute approximate surface area is 326 Å². The molecule has 3 fully saturated rings. The van der Waals surface area contributed by atoms with Crippen molar-refractivity contribution in [1.82, 2.24) is 0 Å². The first-order valence-electron chi connectivity index (χ1n) is 15.8. The Bertz CT molecular complexity index is 1760. The smallest absolute Gasteiger partial charge is 0.218 e. The van der Waals surface area contributed by atoms with Crippen LogP contribution in [0.5, 0.6) is 0 Å². The zero-order valence-electron chi connectivity index (χ0n) is 30.3. The fraction of sp³-hybridized carbons (Fsp3) is 0.960. The van der Waals surface area contributed by atoms with E-state index in [0.29, 0.717) is 0 Å². The van der Waals surface area contributed by atoms with Gasteiger partial charge < -0.3 is 80.2 Å². The second-order valence-electron chi connectivity index (χ2n) is 12.0. The number of carboxylic acids is 1. The molecule has 28 nitrogen and oxygen atoms in total. The van der Waals surface area contributed by atoms with Crippen LogP contribution in [0.1, 0.15) is 6.42 Å². The van der Waals surface area contributed by atoms with Gasteiger partial charge in [0.2, 0.25) is 31.2 Å². The molecule has 0 unspecified atom stereocenters. The Morgan fingerprint density at radius 3 is 1.40 bits per heavy atom. The molecule has 336 valence electrons. The van der Waals surface area contributed by atoms with E-state index in [0.717, 1.165) is 28.4 Å². The number of hydrogen-bond donors (Lipinski definition) is 0. The number of rotatable bonds is 21. The molecule has 3 aliphatic heterocycles. The van der Waals surface area contributed by atoms with Gasteiger partial charge in [0.25, 0.3) is 0 Å². The number of carbonyl (C=O) groups excluding carboxylic acids is 1. The summed E-state index contributed by atoms with van der Waals surface area (Å²) in [4.78, 5) is 12.7.